The Morgan fingerprint density at radius 1 is 1.00 bits per heavy atom. The number of hydrogen-bond donors (Lipinski definition) is 1. The third kappa shape index (κ3) is 4.21. The van der Waals surface area contributed by atoms with Crippen molar-refractivity contribution in [2.24, 2.45) is 10.8 Å². The van der Waals surface area contributed by atoms with E-state index >= 15 is 0 Å². The molecule has 118 valence electrons. The molecule has 0 aromatic heterocycles. The van der Waals surface area contributed by atoms with Gasteiger partial charge in [0.1, 0.15) is 0 Å². The maximum atomic E-state index is 3.84. The molecule has 2 aliphatic rings. The molecule has 0 bridgehead atoms. The van der Waals surface area contributed by atoms with Crippen molar-refractivity contribution in [1.82, 2.24) is 10.2 Å². The standard InChI is InChI=1S/C18H36N2/c1-6-11-19-15-7-8-18(4,5)14-16(15)20-12-9-17(2,3)10-13-20/h15-16,19H,6-14H2,1-5H3. The van der Waals surface area contributed by atoms with Crippen LogP contribution in [0, 0.1) is 10.8 Å². The van der Waals surface area contributed by atoms with Gasteiger partial charge >= 0.3 is 0 Å². The van der Waals surface area contributed by atoms with E-state index < -0.39 is 0 Å². The van der Waals surface area contributed by atoms with Crippen LogP contribution in [-0.2, 0) is 0 Å². The van der Waals surface area contributed by atoms with Crippen molar-refractivity contribution in [2.75, 3.05) is 19.6 Å². The van der Waals surface area contributed by atoms with Crippen LogP contribution in [0.25, 0.3) is 0 Å². The first-order chi connectivity index (χ1) is 9.33. The predicted octanol–water partition coefficient (Wildman–Crippen LogP) is 4.06. The van der Waals surface area contributed by atoms with Gasteiger partial charge in [-0.1, -0.05) is 34.6 Å². The van der Waals surface area contributed by atoms with Crippen LogP contribution >= 0.6 is 0 Å². The van der Waals surface area contributed by atoms with Crippen LogP contribution in [0.5, 0.6) is 0 Å². The van der Waals surface area contributed by atoms with E-state index in [-0.39, 0.29) is 0 Å². The molecule has 2 fully saturated rings. The molecular formula is C18H36N2. The number of nitrogens with zero attached hydrogens (tertiary/aromatic N) is 1. The van der Waals surface area contributed by atoms with Gasteiger partial charge in [-0.3, -0.25) is 4.90 Å². The molecule has 20 heavy (non-hydrogen) atoms. The fraction of sp³-hybridized carbons (Fsp3) is 1.00. The average molecular weight is 280 g/mol. The molecular weight excluding hydrogens is 244 g/mol. The van der Waals surface area contributed by atoms with Crippen molar-refractivity contribution in [3.63, 3.8) is 0 Å². The highest BCUT2D eigenvalue weighted by molar-refractivity contribution is 4.96. The predicted molar refractivity (Wildman–Crippen MR) is 88.1 cm³/mol. The van der Waals surface area contributed by atoms with Crippen LogP contribution in [0.4, 0.5) is 0 Å². The average Bonchev–Trinajstić information content (AvgIpc) is 2.37. The van der Waals surface area contributed by atoms with Crippen molar-refractivity contribution < 1.29 is 0 Å². The Morgan fingerprint density at radius 2 is 1.65 bits per heavy atom. The highest BCUT2D eigenvalue weighted by atomic mass is 15.2. The third-order valence-corrected chi connectivity index (χ3v) is 5.64. The summed E-state index contributed by atoms with van der Waals surface area (Å²) in [5.74, 6) is 0. The van der Waals surface area contributed by atoms with Crippen molar-refractivity contribution in [2.45, 2.75) is 85.2 Å². The smallest absolute Gasteiger partial charge is 0.0254 e. The fourth-order valence-electron chi connectivity index (χ4n) is 3.96. The van der Waals surface area contributed by atoms with Gasteiger partial charge in [0, 0.05) is 12.1 Å². The summed E-state index contributed by atoms with van der Waals surface area (Å²) in [6, 6.07) is 1.49. The molecule has 2 rings (SSSR count). The molecule has 2 unspecified atom stereocenters. The Kier molecular flexibility index (Phi) is 5.18. The maximum Gasteiger partial charge on any atom is 0.0254 e. The van der Waals surface area contributed by atoms with Crippen LogP contribution < -0.4 is 5.32 Å². The Bertz CT molecular complexity index is 299. The minimum atomic E-state index is 0.530. The van der Waals surface area contributed by atoms with Crippen LogP contribution in [0.2, 0.25) is 0 Å². The molecule has 1 saturated carbocycles. The topological polar surface area (TPSA) is 15.3 Å². The fourth-order valence-corrected chi connectivity index (χ4v) is 3.96. The summed E-state index contributed by atoms with van der Waals surface area (Å²) >= 11 is 0. The van der Waals surface area contributed by atoms with E-state index in [0.29, 0.717) is 10.8 Å². The zero-order valence-electron chi connectivity index (χ0n) is 14.5. The number of rotatable bonds is 4. The maximum absolute atomic E-state index is 3.84. The molecule has 0 radical (unpaired) electrons. The second-order valence-electron chi connectivity index (χ2n) is 8.74. The van der Waals surface area contributed by atoms with Crippen LogP contribution in [-0.4, -0.2) is 36.6 Å². The Balaban J connectivity index is 1.99. The Morgan fingerprint density at radius 3 is 2.25 bits per heavy atom. The lowest BCUT2D eigenvalue weighted by atomic mass is 9.71. The molecule has 2 atom stereocenters. The first-order valence-electron chi connectivity index (χ1n) is 8.80. The van der Waals surface area contributed by atoms with Crippen molar-refractivity contribution in [3.05, 3.63) is 0 Å². The Hall–Kier alpha value is -0.0800. The lowest BCUT2D eigenvalue weighted by molar-refractivity contribution is 0.0261. The summed E-state index contributed by atoms with van der Waals surface area (Å²) in [4.78, 5) is 2.81. The zero-order valence-corrected chi connectivity index (χ0v) is 14.5. The van der Waals surface area contributed by atoms with Crippen molar-refractivity contribution in [3.8, 4) is 0 Å². The van der Waals surface area contributed by atoms with Gasteiger partial charge in [-0.25, -0.2) is 0 Å². The largest absolute Gasteiger partial charge is 0.312 e. The minimum absolute atomic E-state index is 0.530. The van der Waals surface area contributed by atoms with Gasteiger partial charge in [-0.15, -0.1) is 0 Å². The second-order valence-corrected chi connectivity index (χ2v) is 8.74. The van der Waals surface area contributed by atoms with Crippen molar-refractivity contribution >= 4 is 0 Å². The van der Waals surface area contributed by atoms with Crippen LogP contribution in [0.1, 0.15) is 73.1 Å². The van der Waals surface area contributed by atoms with E-state index in [0.717, 1.165) is 12.1 Å². The highest BCUT2D eigenvalue weighted by Gasteiger charge is 2.39. The third-order valence-electron chi connectivity index (χ3n) is 5.64. The summed E-state index contributed by atoms with van der Waals surface area (Å²) < 4.78 is 0. The molecule has 0 aromatic rings. The molecule has 1 N–H and O–H groups in total. The molecule has 0 aromatic carbocycles. The number of nitrogens with one attached hydrogen (secondary N) is 1. The van der Waals surface area contributed by atoms with Gasteiger partial charge < -0.3 is 5.32 Å². The molecule has 2 heteroatoms. The van der Waals surface area contributed by atoms with Gasteiger partial charge in [-0.05, 0) is 69.0 Å². The summed E-state index contributed by atoms with van der Waals surface area (Å²) in [6.45, 7) is 15.9. The van der Waals surface area contributed by atoms with Gasteiger partial charge in [0.2, 0.25) is 0 Å². The van der Waals surface area contributed by atoms with Gasteiger partial charge in [0.15, 0.2) is 0 Å². The Labute approximate surface area is 126 Å². The highest BCUT2D eigenvalue weighted by Crippen LogP contribution is 2.40. The summed E-state index contributed by atoms with van der Waals surface area (Å²) in [5, 5.41) is 3.84. The van der Waals surface area contributed by atoms with Gasteiger partial charge in [0.05, 0.1) is 0 Å². The van der Waals surface area contributed by atoms with Crippen LogP contribution in [0.15, 0.2) is 0 Å². The normalized spacial score (nSPS) is 34.0. The second kappa shape index (κ2) is 6.36. The molecule has 1 aliphatic heterocycles. The van der Waals surface area contributed by atoms with E-state index in [1.807, 2.05) is 0 Å². The lowest BCUT2D eigenvalue weighted by Gasteiger charge is -2.49. The first-order valence-corrected chi connectivity index (χ1v) is 8.80. The summed E-state index contributed by atoms with van der Waals surface area (Å²) in [5.41, 5.74) is 1.09. The van der Waals surface area contributed by atoms with Crippen molar-refractivity contribution in [1.29, 1.82) is 0 Å². The molecule has 0 amide bonds. The molecule has 1 saturated heterocycles. The summed E-state index contributed by atoms with van der Waals surface area (Å²) in [6.07, 6.45) is 8.09. The number of likely N-dealkylation sites (tertiary alicyclic amines) is 1. The molecule has 0 spiro atoms. The van der Waals surface area contributed by atoms with E-state index in [9.17, 15) is 0 Å². The molecule has 1 aliphatic carbocycles. The van der Waals surface area contributed by atoms with E-state index in [1.54, 1.807) is 0 Å². The minimum Gasteiger partial charge on any atom is -0.312 e. The van der Waals surface area contributed by atoms with Crippen LogP contribution in [0.3, 0.4) is 0 Å². The monoisotopic (exact) mass is 280 g/mol. The van der Waals surface area contributed by atoms with E-state index in [1.165, 1.54) is 58.2 Å². The van der Waals surface area contributed by atoms with E-state index in [2.05, 4.69) is 44.8 Å². The number of hydrogen-bond acceptors (Lipinski definition) is 2. The lowest BCUT2D eigenvalue weighted by Crippen LogP contribution is -2.57. The molecule has 1 heterocycles. The quantitative estimate of drug-likeness (QED) is 0.835. The summed E-state index contributed by atoms with van der Waals surface area (Å²) in [7, 11) is 0. The SMILES string of the molecule is CCCNC1CCC(C)(C)CC1N1CCC(C)(C)CC1. The van der Waals surface area contributed by atoms with Gasteiger partial charge in [-0.2, -0.15) is 0 Å². The zero-order chi connectivity index (χ0) is 14.8. The molecule has 2 nitrogen and oxygen atoms in total. The van der Waals surface area contributed by atoms with Gasteiger partial charge in [0.25, 0.3) is 0 Å². The number of piperidine rings is 1. The van der Waals surface area contributed by atoms with E-state index in [4.69, 9.17) is 0 Å². The first kappa shape index (κ1) is 16.3.